The molecule has 0 unspecified atom stereocenters. The van der Waals surface area contributed by atoms with E-state index < -0.39 is 15.8 Å². The third-order valence-electron chi connectivity index (χ3n) is 2.48. The molecule has 88 valence electrons. The molecule has 1 heterocycles. The molecule has 1 fully saturated rings. The maximum Gasteiger partial charge on any atom is 0.244 e. The number of aryl methyl sites for hydroxylation is 1. The fraction of sp³-hybridized carbons (Fsp3) is 0.400. The van der Waals surface area contributed by atoms with E-state index in [9.17, 15) is 12.8 Å². The Morgan fingerprint density at radius 2 is 2.19 bits per heavy atom. The number of benzene rings is 1. The van der Waals surface area contributed by atoms with Crippen molar-refractivity contribution in [2.45, 2.75) is 11.8 Å². The van der Waals surface area contributed by atoms with Gasteiger partial charge in [0.1, 0.15) is 5.82 Å². The van der Waals surface area contributed by atoms with Crippen LogP contribution in [0.5, 0.6) is 0 Å². The third-order valence-corrected chi connectivity index (χ3v) is 5.61. The fourth-order valence-corrected chi connectivity index (χ4v) is 4.65. The van der Waals surface area contributed by atoms with Gasteiger partial charge < -0.3 is 0 Å². The first-order valence-electron chi connectivity index (χ1n) is 4.86. The van der Waals surface area contributed by atoms with Gasteiger partial charge in [0.05, 0.1) is 10.8 Å². The van der Waals surface area contributed by atoms with Crippen LogP contribution in [0.25, 0.3) is 0 Å². The van der Waals surface area contributed by atoms with Gasteiger partial charge in [-0.1, -0.05) is 0 Å². The van der Waals surface area contributed by atoms with Crippen molar-refractivity contribution in [2.75, 3.05) is 18.2 Å². The zero-order valence-corrected chi connectivity index (χ0v) is 10.4. The highest BCUT2D eigenvalue weighted by Gasteiger charge is 2.28. The SMILES string of the molecule is Cc1cc(F)ccc1S(=O)(=O)N1CCSC1. The predicted molar refractivity (Wildman–Crippen MR) is 62.4 cm³/mol. The number of halogens is 1. The Kier molecular flexibility index (Phi) is 3.23. The van der Waals surface area contributed by atoms with Gasteiger partial charge in [0.15, 0.2) is 0 Å². The summed E-state index contributed by atoms with van der Waals surface area (Å²) >= 11 is 1.59. The van der Waals surface area contributed by atoms with E-state index in [1.54, 1.807) is 18.7 Å². The number of sulfonamides is 1. The Morgan fingerprint density at radius 3 is 2.75 bits per heavy atom. The second-order valence-electron chi connectivity index (χ2n) is 3.63. The molecular formula is C10H12FNO2S2. The molecule has 1 saturated heterocycles. The molecule has 0 aromatic heterocycles. The first-order chi connectivity index (χ1) is 7.51. The first kappa shape index (κ1) is 11.9. The highest BCUT2D eigenvalue weighted by molar-refractivity contribution is 8.00. The van der Waals surface area contributed by atoms with Gasteiger partial charge in [-0.15, -0.1) is 11.8 Å². The van der Waals surface area contributed by atoms with E-state index in [0.29, 0.717) is 18.0 Å². The molecule has 0 N–H and O–H groups in total. The number of rotatable bonds is 2. The maximum absolute atomic E-state index is 12.9. The van der Waals surface area contributed by atoms with Gasteiger partial charge in [-0.25, -0.2) is 12.8 Å². The van der Waals surface area contributed by atoms with E-state index in [-0.39, 0.29) is 4.90 Å². The van der Waals surface area contributed by atoms with Gasteiger partial charge in [0.2, 0.25) is 10.0 Å². The van der Waals surface area contributed by atoms with Crippen molar-refractivity contribution in [3.8, 4) is 0 Å². The van der Waals surface area contributed by atoms with E-state index in [2.05, 4.69) is 0 Å². The molecule has 6 heteroatoms. The minimum Gasteiger partial charge on any atom is -0.207 e. The summed E-state index contributed by atoms with van der Waals surface area (Å²) in [4.78, 5) is 0.205. The van der Waals surface area contributed by atoms with Crippen LogP contribution >= 0.6 is 11.8 Å². The molecule has 0 spiro atoms. The lowest BCUT2D eigenvalue weighted by Crippen LogP contribution is -2.28. The topological polar surface area (TPSA) is 37.4 Å². The molecule has 2 rings (SSSR count). The Bertz CT molecular complexity index is 496. The summed E-state index contributed by atoms with van der Waals surface area (Å²) in [7, 11) is -3.44. The van der Waals surface area contributed by atoms with Crippen LogP contribution in [-0.2, 0) is 10.0 Å². The lowest BCUT2D eigenvalue weighted by molar-refractivity contribution is 0.489. The summed E-state index contributed by atoms with van der Waals surface area (Å²) < 4.78 is 38.6. The van der Waals surface area contributed by atoms with Crippen molar-refractivity contribution in [1.29, 1.82) is 0 Å². The van der Waals surface area contributed by atoms with Gasteiger partial charge in [-0.05, 0) is 30.7 Å². The zero-order chi connectivity index (χ0) is 11.8. The molecule has 1 aliphatic rings. The van der Waals surface area contributed by atoms with Gasteiger partial charge >= 0.3 is 0 Å². The van der Waals surface area contributed by atoms with E-state index in [1.807, 2.05) is 0 Å². The summed E-state index contributed by atoms with van der Waals surface area (Å²) in [5.41, 5.74) is 0.455. The highest BCUT2D eigenvalue weighted by Crippen LogP contribution is 2.25. The molecule has 1 aliphatic heterocycles. The molecule has 0 radical (unpaired) electrons. The Hall–Kier alpha value is -0.590. The molecule has 3 nitrogen and oxygen atoms in total. The van der Waals surface area contributed by atoms with E-state index >= 15 is 0 Å². The predicted octanol–water partition coefficient (Wildman–Crippen LogP) is 1.83. The van der Waals surface area contributed by atoms with E-state index in [4.69, 9.17) is 0 Å². The molecule has 1 aromatic rings. The average molecular weight is 261 g/mol. The fourth-order valence-electron chi connectivity index (χ4n) is 1.63. The quantitative estimate of drug-likeness (QED) is 0.815. The summed E-state index contributed by atoms with van der Waals surface area (Å²) in [5.74, 6) is 0.894. The third kappa shape index (κ3) is 2.09. The minimum absolute atomic E-state index is 0.205. The number of thioether (sulfide) groups is 1. The molecule has 0 atom stereocenters. The van der Waals surface area contributed by atoms with Gasteiger partial charge in [-0.2, -0.15) is 4.31 Å². The molecule has 0 saturated carbocycles. The Morgan fingerprint density at radius 1 is 1.44 bits per heavy atom. The van der Waals surface area contributed by atoms with Gasteiger partial charge in [0.25, 0.3) is 0 Å². The summed E-state index contributed by atoms with van der Waals surface area (Å²) in [6, 6.07) is 3.77. The van der Waals surface area contributed by atoms with E-state index in [0.717, 1.165) is 5.75 Å². The summed E-state index contributed by atoms with van der Waals surface area (Å²) in [6.45, 7) is 2.14. The van der Waals surface area contributed by atoms with Crippen LogP contribution < -0.4 is 0 Å². The smallest absolute Gasteiger partial charge is 0.207 e. The van der Waals surface area contributed by atoms with Crippen molar-refractivity contribution in [2.24, 2.45) is 0 Å². The van der Waals surface area contributed by atoms with Crippen LogP contribution in [0.1, 0.15) is 5.56 Å². The molecule has 1 aromatic carbocycles. The first-order valence-corrected chi connectivity index (χ1v) is 7.45. The molecule has 0 amide bonds. The number of nitrogens with zero attached hydrogens (tertiary/aromatic N) is 1. The van der Waals surface area contributed by atoms with Crippen molar-refractivity contribution >= 4 is 21.8 Å². The highest BCUT2D eigenvalue weighted by atomic mass is 32.2. The molecule has 0 bridgehead atoms. The van der Waals surface area contributed by atoms with Crippen LogP contribution in [0, 0.1) is 12.7 Å². The largest absolute Gasteiger partial charge is 0.244 e. The van der Waals surface area contributed by atoms with Crippen LogP contribution in [0.3, 0.4) is 0 Å². The summed E-state index contributed by atoms with van der Waals surface area (Å²) in [6.07, 6.45) is 0. The normalized spacial score (nSPS) is 17.9. The lowest BCUT2D eigenvalue weighted by atomic mass is 10.2. The number of hydrogen-bond acceptors (Lipinski definition) is 3. The standard InChI is InChI=1S/C10H12FNO2S2/c1-8-6-9(11)2-3-10(8)16(13,14)12-4-5-15-7-12/h2-3,6H,4-5,7H2,1H3. The van der Waals surface area contributed by atoms with Crippen LogP contribution in [0.4, 0.5) is 4.39 Å². The van der Waals surface area contributed by atoms with Crippen LogP contribution in [0.2, 0.25) is 0 Å². The Balaban J connectivity index is 2.42. The minimum atomic E-state index is -3.44. The maximum atomic E-state index is 12.9. The van der Waals surface area contributed by atoms with Crippen LogP contribution in [-0.4, -0.2) is 30.9 Å². The van der Waals surface area contributed by atoms with E-state index in [1.165, 1.54) is 22.5 Å². The second-order valence-corrected chi connectivity index (χ2v) is 6.61. The molecule has 0 aliphatic carbocycles. The van der Waals surface area contributed by atoms with Crippen LogP contribution in [0.15, 0.2) is 23.1 Å². The summed E-state index contributed by atoms with van der Waals surface area (Å²) in [5, 5.41) is 0. The molecule has 16 heavy (non-hydrogen) atoms. The van der Waals surface area contributed by atoms with Crippen molar-refractivity contribution < 1.29 is 12.8 Å². The van der Waals surface area contributed by atoms with Crippen molar-refractivity contribution in [3.05, 3.63) is 29.6 Å². The lowest BCUT2D eigenvalue weighted by Gasteiger charge is -2.16. The zero-order valence-electron chi connectivity index (χ0n) is 8.81. The van der Waals surface area contributed by atoms with Gasteiger partial charge in [0, 0.05) is 12.3 Å². The monoisotopic (exact) mass is 261 g/mol. The second kappa shape index (κ2) is 4.35. The van der Waals surface area contributed by atoms with Crippen molar-refractivity contribution in [3.63, 3.8) is 0 Å². The number of hydrogen-bond donors (Lipinski definition) is 0. The molecular weight excluding hydrogens is 249 g/mol. The average Bonchev–Trinajstić information content (AvgIpc) is 2.69. The van der Waals surface area contributed by atoms with Crippen molar-refractivity contribution in [1.82, 2.24) is 4.31 Å². The Labute approximate surface area is 98.7 Å². The van der Waals surface area contributed by atoms with Gasteiger partial charge in [-0.3, -0.25) is 0 Å².